The molecule has 0 aliphatic carbocycles. The number of carbonyl (C=O) groups is 2. The van der Waals surface area contributed by atoms with Gasteiger partial charge in [-0.25, -0.2) is 26.4 Å². The predicted molar refractivity (Wildman–Crippen MR) is 139 cm³/mol. The molecule has 16 heteroatoms. The molecule has 0 bridgehead atoms. The van der Waals surface area contributed by atoms with Crippen molar-refractivity contribution in [3.05, 3.63) is 58.4 Å². The van der Waals surface area contributed by atoms with E-state index in [1.54, 1.807) is 24.3 Å². The summed E-state index contributed by atoms with van der Waals surface area (Å²) in [7, 11) is -3.09. The maximum Gasteiger partial charge on any atom is 0.409 e. The van der Waals surface area contributed by atoms with Gasteiger partial charge in [-0.05, 0) is 47.0 Å². The van der Waals surface area contributed by atoms with Crippen LogP contribution in [0.3, 0.4) is 0 Å². The van der Waals surface area contributed by atoms with Crippen LogP contribution >= 0.6 is 11.6 Å². The number of piperidine rings is 1. The smallest absolute Gasteiger partial charge is 0.409 e. The Bertz CT molecular complexity index is 1620. The van der Waals surface area contributed by atoms with Crippen LogP contribution in [0.25, 0.3) is 11.4 Å². The second-order valence-corrected chi connectivity index (χ2v) is 12.5. The van der Waals surface area contributed by atoms with Crippen LogP contribution in [0.2, 0.25) is 5.02 Å². The van der Waals surface area contributed by atoms with Gasteiger partial charge in [-0.2, -0.15) is 4.80 Å². The van der Waals surface area contributed by atoms with E-state index in [0.29, 0.717) is 10.6 Å². The quantitative estimate of drug-likeness (QED) is 0.469. The van der Waals surface area contributed by atoms with Gasteiger partial charge in [-0.1, -0.05) is 23.7 Å². The van der Waals surface area contributed by atoms with Crippen LogP contribution in [0.15, 0.2) is 41.3 Å². The van der Waals surface area contributed by atoms with Crippen LogP contribution in [-0.4, -0.2) is 83.3 Å². The summed E-state index contributed by atoms with van der Waals surface area (Å²) in [4.78, 5) is 26.5. The number of methoxy groups -OCH3 is 1. The van der Waals surface area contributed by atoms with E-state index < -0.39 is 70.2 Å². The molecule has 3 atom stereocenters. The van der Waals surface area contributed by atoms with Crippen molar-refractivity contribution in [3.8, 4) is 11.4 Å². The third kappa shape index (κ3) is 5.78. The number of ketones is 1. The number of amides is 1. The Kier molecular flexibility index (Phi) is 7.55. The number of hydrogen-bond donors (Lipinski definition) is 1. The topological polar surface area (TPSA) is 150 Å². The molecule has 1 aromatic heterocycles. The summed E-state index contributed by atoms with van der Waals surface area (Å²) in [6.45, 7) is -1.06. The number of likely N-dealkylation sites (tertiary alicyclic amines) is 1. The number of Topliss-reactive ketones (excluding diaryl/α,β-unsaturated/α-hetero) is 1. The highest BCUT2D eigenvalue weighted by Crippen LogP contribution is 2.38. The van der Waals surface area contributed by atoms with Gasteiger partial charge in [0, 0.05) is 23.9 Å². The second-order valence-electron chi connectivity index (χ2n) is 10.0. The molecule has 5 rings (SSSR count). The van der Waals surface area contributed by atoms with E-state index in [-0.39, 0.29) is 34.8 Å². The molecule has 3 aromatic rings. The molecule has 0 radical (unpaired) electrons. The number of alkyl halides is 2. The Labute approximate surface area is 237 Å². The average molecular weight is 613 g/mol. The van der Waals surface area contributed by atoms with Crippen molar-refractivity contribution in [2.75, 3.05) is 26.0 Å². The third-order valence-corrected chi connectivity index (χ3v) is 9.16. The summed E-state index contributed by atoms with van der Waals surface area (Å²) in [5.74, 6) is -6.93. The third-order valence-electron chi connectivity index (χ3n) is 7.09. The highest BCUT2D eigenvalue weighted by atomic mass is 35.5. The van der Waals surface area contributed by atoms with Crippen molar-refractivity contribution in [1.82, 2.24) is 25.1 Å². The zero-order chi connectivity index (χ0) is 29.7. The monoisotopic (exact) mass is 612 g/mol. The number of sulfone groups is 1. The van der Waals surface area contributed by atoms with Crippen molar-refractivity contribution in [2.24, 2.45) is 5.73 Å². The first-order chi connectivity index (χ1) is 19.3. The van der Waals surface area contributed by atoms with Gasteiger partial charge < -0.3 is 10.5 Å². The van der Waals surface area contributed by atoms with Gasteiger partial charge in [-0.3, -0.25) is 9.69 Å². The summed E-state index contributed by atoms with van der Waals surface area (Å²) in [5.41, 5.74) is 6.34. The molecule has 41 heavy (non-hydrogen) atoms. The normalized spacial score (nSPS) is 23.5. The maximum absolute atomic E-state index is 15.4. The number of halogens is 4. The van der Waals surface area contributed by atoms with E-state index in [4.69, 9.17) is 17.3 Å². The van der Waals surface area contributed by atoms with Crippen molar-refractivity contribution in [1.29, 1.82) is 0 Å². The molecule has 2 N–H and O–H groups in total. The van der Waals surface area contributed by atoms with E-state index in [0.717, 1.165) is 28.9 Å². The van der Waals surface area contributed by atoms with Gasteiger partial charge >= 0.3 is 6.09 Å². The number of nitrogens with zero attached hydrogens (tertiary/aromatic N) is 5. The predicted octanol–water partition coefficient (Wildman–Crippen LogP) is 2.79. The summed E-state index contributed by atoms with van der Waals surface area (Å²) in [5, 5.41) is 12.2. The maximum atomic E-state index is 15.4. The first-order valence-corrected chi connectivity index (χ1v) is 14.4. The summed E-state index contributed by atoms with van der Waals surface area (Å²) in [6.07, 6.45) is -1.61. The van der Waals surface area contributed by atoms with Crippen LogP contribution in [0.1, 0.15) is 29.5 Å². The van der Waals surface area contributed by atoms with Crippen molar-refractivity contribution in [2.45, 2.75) is 41.7 Å². The van der Waals surface area contributed by atoms with Crippen LogP contribution in [0.5, 0.6) is 0 Å². The summed E-state index contributed by atoms with van der Waals surface area (Å²) < 4.78 is 74.9. The molecule has 1 saturated heterocycles. The van der Waals surface area contributed by atoms with Gasteiger partial charge in [0.1, 0.15) is 5.82 Å². The number of carbonyl (C=O) groups excluding carboxylic acids is 2. The molecular weight excluding hydrogens is 589 g/mol. The molecule has 2 aliphatic rings. The minimum Gasteiger partial charge on any atom is -0.453 e. The summed E-state index contributed by atoms with van der Waals surface area (Å²) in [6, 6.07) is 6.07. The van der Waals surface area contributed by atoms with E-state index in [1.165, 1.54) is 0 Å². The van der Waals surface area contributed by atoms with Crippen molar-refractivity contribution < 1.29 is 35.9 Å². The molecule has 11 nitrogen and oxygen atoms in total. The molecule has 2 aromatic carbocycles. The Balaban J connectivity index is 1.56. The van der Waals surface area contributed by atoms with Gasteiger partial charge in [0.05, 0.1) is 42.0 Å². The standard InChI is InChI=1S/C25H24ClF3N6O5S/c1-40-24(37)34-10-15(9-25(28,29)12-34)35-32-23(31-33-35)18-7-16-17(6-13-2-4-14(26)5-3-13)22(36)20(30)11-41(38,39)21(16)8-19(18)27/h2-5,7-8,15,17,20H,6,9-12,30H2,1H3/t15?,17?,20-/m0/s1. The number of benzene rings is 2. The van der Waals surface area contributed by atoms with Crippen LogP contribution < -0.4 is 5.73 Å². The van der Waals surface area contributed by atoms with Crippen molar-refractivity contribution >= 4 is 33.3 Å². The minimum absolute atomic E-state index is 0.00622. The molecule has 0 saturated carbocycles. The molecule has 1 fully saturated rings. The zero-order valence-corrected chi connectivity index (χ0v) is 23.1. The van der Waals surface area contributed by atoms with Gasteiger partial charge in [0.25, 0.3) is 5.92 Å². The molecule has 2 unspecified atom stereocenters. The largest absolute Gasteiger partial charge is 0.453 e. The fourth-order valence-electron chi connectivity index (χ4n) is 5.15. The van der Waals surface area contributed by atoms with E-state index in [2.05, 4.69) is 20.1 Å². The van der Waals surface area contributed by atoms with Gasteiger partial charge in [-0.15, -0.1) is 10.2 Å². The molecule has 218 valence electrons. The Hall–Kier alpha value is -3.56. The van der Waals surface area contributed by atoms with Crippen LogP contribution in [-0.2, 0) is 25.8 Å². The Morgan fingerprint density at radius 3 is 2.63 bits per heavy atom. The Morgan fingerprint density at radius 2 is 1.95 bits per heavy atom. The number of hydrogen-bond acceptors (Lipinski definition) is 9. The molecule has 3 heterocycles. The molecule has 1 amide bonds. The molecule has 2 aliphatic heterocycles. The second kappa shape index (κ2) is 10.7. The lowest BCUT2D eigenvalue weighted by atomic mass is 9.85. The number of nitrogens with two attached hydrogens (primary N) is 1. The number of rotatable bonds is 4. The first kappa shape index (κ1) is 29.0. The number of fused-ring (bicyclic) bond motifs is 1. The fourth-order valence-corrected chi connectivity index (χ4v) is 6.94. The lowest BCUT2D eigenvalue weighted by Crippen LogP contribution is -2.50. The lowest BCUT2D eigenvalue weighted by molar-refractivity contribution is -0.121. The Morgan fingerprint density at radius 1 is 1.24 bits per heavy atom. The van der Waals surface area contributed by atoms with E-state index in [1.807, 2.05) is 0 Å². The highest BCUT2D eigenvalue weighted by molar-refractivity contribution is 7.91. The average Bonchev–Trinajstić information content (AvgIpc) is 3.39. The molecule has 0 spiro atoms. The van der Waals surface area contributed by atoms with Crippen LogP contribution in [0, 0.1) is 5.82 Å². The number of aromatic nitrogens is 4. The SMILES string of the molecule is COC(=O)N1CC(n2nnc(-c3cc4c(cc3F)S(=O)(=O)C[C@H](N)C(=O)C4Cc3ccc(Cl)cc3)n2)CC(F)(F)C1. The van der Waals surface area contributed by atoms with E-state index >= 15 is 4.39 Å². The summed E-state index contributed by atoms with van der Waals surface area (Å²) >= 11 is 5.96. The fraction of sp³-hybridized carbons (Fsp3) is 0.400. The zero-order valence-electron chi connectivity index (χ0n) is 21.5. The van der Waals surface area contributed by atoms with Crippen molar-refractivity contribution in [3.63, 3.8) is 0 Å². The highest BCUT2D eigenvalue weighted by Gasteiger charge is 2.44. The lowest BCUT2D eigenvalue weighted by Gasteiger charge is -2.35. The first-order valence-electron chi connectivity index (χ1n) is 12.4. The van der Waals surface area contributed by atoms with Gasteiger partial charge in [0.15, 0.2) is 15.6 Å². The van der Waals surface area contributed by atoms with Crippen LogP contribution in [0.4, 0.5) is 18.0 Å². The molecular formula is C25H24ClF3N6O5S. The minimum atomic E-state index is -4.16. The number of tetrazole rings is 1. The van der Waals surface area contributed by atoms with E-state index in [9.17, 15) is 26.8 Å². The number of ether oxygens (including phenoxy) is 1. The van der Waals surface area contributed by atoms with Gasteiger partial charge in [0.2, 0.25) is 5.82 Å².